The number of carbonyl (C=O) groups excluding carboxylic acids is 3. The van der Waals surface area contributed by atoms with Crippen molar-refractivity contribution in [3.63, 3.8) is 0 Å². The molecule has 7 nitrogen and oxygen atoms in total. The van der Waals surface area contributed by atoms with Gasteiger partial charge in [-0.25, -0.2) is 4.39 Å². The number of Topliss-reactive ketones (excluding diaryl/α,β-unsaturated/α-hetero) is 1. The SMILES string of the molecule is COC(=O)[C@@]1(CC(=O)N2C[C@@H](C)O[C@@H](C)C2)C(=O)C[C@H]2CC[C@H]1N2Cc1ccc(F)cc1. The molecule has 2 bridgehead atoms. The minimum atomic E-state index is -1.52. The van der Waals surface area contributed by atoms with Gasteiger partial charge >= 0.3 is 5.97 Å². The van der Waals surface area contributed by atoms with Gasteiger partial charge in [0.05, 0.1) is 25.7 Å². The van der Waals surface area contributed by atoms with Crippen LogP contribution in [-0.4, -0.2) is 72.0 Å². The molecule has 0 aromatic heterocycles. The van der Waals surface area contributed by atoms with Gasteiger partial charge in [-0.1, -0.05) is 12.1 Å². The fourth-order valence-electron chi connectivity index (χ4n) is 5.76. The Balaban J connectivity index is 1.63. The number of methoxy groups -OCH3 is 1. The van der Waals surface area contributed by atoms with Gasteiger partial charge < -0.3 is 14.4 Å². The second-order valence-electron chi connectivity index (χ2n) is 9.37. The lowest BCUT2D eigenvalue weighted by Gasteiger charge is -2.46. The molecule has 1 aromatic rings. The van der Waals surface area contributed by atoms with Crippen molar-refractivity contribution < 1.29 is 28.2 Å². The van der Waals surface area contributed by atoms with Crippen molar-refractivity contribution in [1.29, 1.82) is 0 Å². The third-order valence-electron chi connectivity index (χ3n) is 7.16. The molecule has 8 heteroatoms. The minimum absolute atomic E-state index is 0.00821. The number of esters is 1. The van der Waals surface area contributed by atoms with Gasteiger partial charge in [-0.3, -0.25) is 19.3 Å². The summed E-state index contributed by atoms with van der Waals surface area (Å²) in [5, 5.41) is 0. The van der Waals surface area contributed by atoms with Gasteiger partial charge in [0.2, 0.25) is 5.91 Å². The second kappa shape index (κ2) is 8.90. The maximum atomic E-state index is 13.4. The molecule has 32 heavy (non-hydrogen) atoms. The van der Waals surface area contributed by atoms with Crippen molar-refractivity contribution >= 4 is 17.7 Å². The van der Waals surface area contributed by atoms with E-state index in [1.165, 1.54) is 19.2 Å². The number of amides is 1. The Bertz CT molecular complexity index is 881. The minimum Gasteiger partial charge on any atom is -0.468 e. The zero-order valence-electron chi connectivity index (χ0n) is 18.9. The van der Waals surface area contributed by atoms with Crippen LogP contribution in [0.25, 0.3) is 0 Å². The molecule has 3 heterocycles. The first kappa shape index (κ1) is 22.9. The Hall–Kier alpha value is -2.32. The third kappa shape index (κ3) is 4.06. The van der Waals surface area contributed by atoms with Crippen LogP contribution in [0.2, 0.25) is 0 Å². The van der Waals surface area contributed by atoms with E-state index in [9.17, 15) is 18.8 Å². The van der Waals surface area contributed by atoms with Crippen LogP contribution >= 0.6 is 0 Å². The van der Waals surface area contributed by atoms with Crippen LogP contribution in [0.3, 0.4) is 0 Å². The molecule has 174 valence electrons. The summed E-state index contributed by atoms with van der Waals surface area (Å²) in [5.74, 6) is -1.39. The van der Waals surface area contributed by atoms with Crippen LogP contribution in [-0.2, 0) is 30.4 Å². The summed E-state index contributed by atoms with van der Waals surface area (Å²) in [6.07, 6.45) is 1.20. The van der Waals surface area contributed by atoms with Gasteiger partial charge in [-0.15, -0.1) is 0 Å². The number of ether oxygens (including phenoxy) is 2. The molecule has 1 aromatic carbocycles. The Morgan fingerprint density at radius 1 is 1.16 bits per heavy atom. The van der Waals surface area contributed by atoms with Crippen molar-refractivity contribution in [2.75, 3.05) is 20.2 Å². The maximum absolute atomic E-state index is 13.4. The van der Waals surface area contributed by atoms with Crippen LogP contribution in [0.1, 0.15) is 45.1 Å². The number of ketones is 1. The maximum Gasteiger partial charge on any atom is 0.321 e. The summed E-state index contributed by atoms with van der Waals surface area (Å²) < 4.78 is 24.2. The Kier molecular flexibility index (Phi) is 6.36. The largest absolute Gasteiger partial charge is 0.468 e. The summed E-state index contributed by atoms with van der Waals surface area (Å²) in [5.41, 5.74) is -0.623. The van der Waals surface area contributed by atoms with Crippen LogP contribution in [0.4, 0.5) is 4.39 Å². The highest BCUT2D eigenvalue weighted by molar-refractivity contribution is 6.08. The zero-order valence-corrected chi connectivity index (χ0v) is 18.9. The predicted octanol–water partition coefficient (Wildman–Crippen LogP) is 2.32. The Morgan fingerprint density at radius 2 is 1.81 bits per heavy atom. The van der Waals surface area contributed by atoms with Crippen molar-refractivity contribution in [3.05, 3.63) is 35.6 Å². The van der Waals surface area contributed by atoms with E-state index in [0.29, 0.717) is 26.1 Å². The molecule has 0 radical (unpaired) electrons. The number of morpholine rings is 1. The molecule has 0 spiro atoms. The lowest BCUT2D eigenvalue weighted by atomic mass is 9.69. The van der Waals surface area contributed by atoms with Gasteiger partial charge in [-0.05, 0) is 44.4 Å². The van der Waals surface area contributed by atoms with E-state index < -0.39 is 17.4 Å². The van der Waals surface area contributed by atoms with Crippen molar-refractivity contribution in [2.24, 2.45) is 5.41 Å². The van der Waals surface area contributed by atoms with Crippen LogP contribution in [0.5, 0.6) is 0 Å². The number of benzene rings is 1. The third-order valence-corrected chi connectivity index (χ3v) is 7.16. The molecule has 0 saturated carbocycles. The van der Waals surface area contributed by atoms with Crippen LogP contribution in [0.15, 0.2) is 24.3 Å². The zero-order chi connectivity index (χ0) is 23.0. The predicted molar refractivity (Wildman–Crippen MR) is 114 cm³/mol. The van der Waals surface area contributed by atoms with Gasteiger partial charge in [0.1, 0.15) is 5.82 Å². The van der Waals surface area contributed by atoms with Crippen molar-refractivity contribution in [3.8, 4) is 0 Å². The summed E-state index contributed by atoms with van der Waals surface area (Å²) in [4.78, 5) is 43.8. The lowest BCUT2D eigenvalue weighted by molar-refractivity contribution is -0.172. The number of carbonyl (C=O) groups is 3. The number of fused-ring (bicyclic) bond motifs is 2. The highest BCUT2D eigenvalue weighted by atomic mass is 19.1. The van der Waals surface area contributed by atoms with Gasteiger partial charge in [-0.2, -0.15) is 0 Å². The molecule has 5 atom stereocenters. The molecule has 3 aliphatic heterocycles. The van der Waals surface area contributed by atoms with E-state index in [-0.39, 0.29) is 48.6 Å². The van der Waals surface area contributed by atoms with Crippen molar-refractivity contribution in [2.45, 2.75) is 70.4 Å². The van der Waals surface area contributed by atoms with E-state index in [0.717, 1.165) is 12.0 Å². The Morgan fingerprint density at radius 3 is 2.44 bits per heavy atom. The molecule has 3 fully saturated rings. The number of nitrogens with zero attached hydrogens (tertiary/aromatic N) is 2. The number of hydrogen-bond donors (Lipinski definition) is 0. The van der Waals surface area contributed by atoms with E-state index in [4.69, 9.17) is 9.47 Å². The number of piperidine rings is 1. The van der Waals surface area contributed by atoms with Gasteiger partial charge in [0.25, 0.3) is 0 Å². The van der Waals surface area contributed by atoms with Gasteiger partial charge in [0.15, 0.2) is 11.2 Å². The average Bonchev–Trinajstić information content (AvgIpc) is 3.07. The summed E-state index contributed by atoms with van der Waals surface area (Å²) in [6, 6.07) is 5.83. The summed E-state index contributed by atoms with van der Waals surface area (Å²) in [7, 11) is 1.27. The van der Waals surface area contributed by atoms with Gasteiger partial charge in [0, 0.05) is 38.1 Å². The fraction of sp³-hybridized carbons (Fsp3) is 0.625. The Labute approximate surface area is 187 Å². The molecular weight excluding hydrogens is 415 g/mol. The standard InChI is InChI=1S/C24H31FN2O5/c1-15-12-26(13-16(2)32-15)22(29)11-24(23(30)31-3)20-9-8-19(10-21(24)28)27(20)14-17-4-6-18(25)7-5-17/h4-7,15-16,19-20H,8-14H2,1-3H3/t15-,16+,19-,20-,24-/m1/s1. The normalized spacial score (nSPS) is 32.8. The first-order valence-electron chi connectivity index (χ1n) is 11.3. The summed E-state index contributed by atoms with van der Waals surface area (Å²) >= 11 is 0. The molecule has 0 N–H and O–H groups in total. The highest BCUT2D eigenvalue weighted by Crippen LogP contribution is 2.48. The first-order chi connectivity index (χ1) is 15.2. The second-order valence-corrected chi connectivity index (χ2v) is 9.37. The van der Waals surface area contributed by atoms with Crippen molar-refractivity contribution in [1.82, 2.24) is 9.80 Å². The fourth-order valence-corrected chi connectivity index (χ4v) is 5.76. The van der Waals surface area contributed by atoms with Crippen LogP contribution < -0.4 is 0 Å². The van der Waals surface area contributed by atoms with E-state index >= 15 is 0 Å². The number of halogens is 1. The smallest absolute Gasteiger partial charge is 0.321 e. The molecule has 0 unspecified atom stereocenters. The number of rotatable bonds is 5. The molecular formula is C24H31FN2O5. The topological polar surface area (TPSA) is 76.1 Å². The lowest BCUT2D eigenvalue weighted by Crippen LogP contribution is -2.62. The summed E-state index contributed by atoms with van der Waals surface area (Å²) in [6.45, 7) is 5.16. The van der Waals surface area contributed by atoms with E-state index in [1.54, 1.807) is 17.0 Å². The molecule has 3 saturated heterocycles. The highest BCUT2D eigenvalue weighted by Gasteiger charge is 2.62. The average molecular weight is 447 g/mol. The van der Waals surface area contributed by atoms with E-state index in [1.807, 2.05) is 13.8 Å². The molecule has 1 amide bonds. The molecule has 0 aliphatic carbocycles. The first-order valence-corrected chi connectivity index (χ1v) is 11.3. The van der Waals surface area contributed by atoms with E-state index in [2.05, 4.69) is 4.90 Å². The molecule has 4 rings (SSSR count). The van der Waals surface area contributed by atoms with Crippen LogP contribution in [0, 0.1) is 11.2 Å². The quantitative estimate of drug-likeness (QED) is 0.510. The molecule has 3 aliphatic rings. The monoisotopic (exact) mass is 446 g/mol. The number of hydrogen-bond acceptors (Lipinski definition) is 6.